The van der Waals surface area contributed by atoms with Gasteiger partial charge in [0.25, 0.3) is 0 Å². The summed E-state index contributed by atoms with van der Waals surface area (Å²) in [4.78, 5) is 12.0. The van der Waals surface area contributed by atoms with Gasteiger partial charge in [-0.05, 0) is 36.8 Å². The van der Waals surface area contributed by atoms with Crippen LogP contribution in [0.1, 0.15) is 24.1 Å². The fraction of sp³-hybridized carbons (Fsp3) is 0.167. The molecule has 2 rings (SSSR count). The number of alkyl halides is 2. The number of nitrogens with one attached hydrogen (secondary N) is 1. The Kier molecular flexibility index (Phi) is 6.32. The first-order chi connectivity index (χ1) is 11.5. The van der Waals surface area contributed by atoms with Crippen molar-refractivity contribution in [3.8, 4) is 5.75 Å². The number of carbonyl (C=O) groups excluding carboxylic acids is 1. The second kappa shape index (κ2) is 8.45. The molecule has 0 heterocycles. The summed E-state index contributed by atoms with van der Waals surface area (Å²) in [6.07, 6.45) is 2.70. The summed E-state index contributed by atoms with van der Waals surface area (Å²) in [5.41, 5.74) is 1.26. The van der Waals surface area contributed by atoms with Crippen molar-refractivity contribution < 1.29 is 18.3 Å². The van der Waals surface area contributed by atoms with Gasteiger partial charge in [-0.3, -0.25) is 4.79 Å². The van der Waals surface area contributed by atoms with Crippen molar-refractivity contribution in [3.05, 3.63) is 70.8 Å². The Morgan fingerprint density at radius 1 is 1.21 bits per heavy atom. The van der Waals surface area contributed by atoms with Crippen molar-refractivity contribution in [3.63, 3.8) is 0 Å². The molecule has 0 bridgehead atoms. The lowest BCUT2D eigenvalue weighted by atomic mass is 10.1. The molecule has 3 nitrogen and oxygen atoms in total. The van der Waals surface area contributed by atoms with Gasteiger partial charge in [0.15, 0.2) is 0 Å². The molecule has 0 saturated carbocycles. The smallest absolute Gasteiger partial charge is 0.387 e. The number of hydrogen-bond acceptors (Lipinski definition) is 2. The molecule has 1 amide bonds. The Balaban J connectivity index is 2.03. The van der Waals surface area contributed by atoms with Crippen LogP contribution in [0.4, 0.5) is 8.78 Å². The highest BCUT2D eigenvalue weighted by Gasteiger charge is 2.09. The van der Waals surface area contributed by atoms with Crippen LogP contribution in [0, 0.1) is 0 Å². The van der Waals surface area contributed by atoms with E-state index in [0.29, 0.717) is 10.6 Å². The second-order valence-electron chi connectivity index (χ2n) is 5.03. The van der Waals surface area contributed by atoms with Gasteiger partial charge < -0.3 is 10.1 Å². The van der Waals surface area contributed by atoms with Crippen LogP contribution in [0.15, 0.2) is 54.6 Å². The fourth-order valence-corrected chi connectivity index (χ4v) is 2.31. The molecule has 0 spiro atoms. The molecule has 0 aliphatic carbocycles. The summed E-state index contributed by atoms with van der Waals surface area (Å²) in [6.45, 7) is -1.10. The van der Waals surface area contributed by atoms with E-state index in [-0.39, 0.29) is 17.7 Å². The van der Waals surface area contributed by atoms with Gasteiger partial charge in [0, 0.05) is 16.7 Å². The molecule has 24 heavy (non-hydrogen) atoms. The maximum atomic E-state index is 12.4. The Morgan fingerprint density at radius 3 is 2.67 bits per heavy atom. The molecule has 0 aromatic heterocycles. The predicted molar refractivity (Wildman–Crippen MR) is 90.1 cm³/mol. The zero-order valence-corrected chi connectivity index (χ0v) is 13.6. The van der Waals surface area contributed by atoms with Crippen molar-refractivity contribution in [2.24, 2.45) is 0 Å². The summed E-state index contributed by atoms with van der Waals surface area (Å²) < 4.78 is 29.1. The molecule has 1 atom stereocenters. The van der Waals surface area contributed by atoms with E-state index in [0.717, 1.165) is 5.56 Å². The van der Waals surface area contributed by atoms with Gasteiger partial charge in [0.1, 0.15) is 5.75 Å². The van der Waals surface area contributed by atoms with Crippen LogP contribution in [0.5, 0.6) is 5.75 Å². The molecule has 6 heteroatoms. The average molecular weight is 352 g/mol. The number of para-hydroxylation sites is 1. The van der Waals surface area contributed by atoms with E-state index < -0.39 is 6.61 Å². The first-order valence-corrected chi connectivity index (χ1v) is 7.61. The zero-order valence-electron chi connectivity index (χ0n) is 12.9. The van der Waals surface area contributed by atoms with Gasteiger partial charge >= 0.3 is 6.61 Å². The molecule has 1 N–H and O–H groups in total. The Morgan fingerprint density at radius 2 is 1.96 bits per heavy atom. The van der Waals surface area contributed by atoms with E-state index in [1.54, 1.807) is 36.4 Å². The van der Waals surface area contributed by atoms with Gasteiger partial charge in [-0.1, -0.05) is 41.9 Å². The number of amides is 1. The van der Waals surface area contributed by atoms with Crippen LogP contribution >= 0.6 is 11.6 Å². The molecule has 0 aliphatic heterocycles. The van der Waals surface area contributed by atoms with Crippen LogP contribution < -0.4 is 10.1 Å². The number of benzene rings is 2. The van der Waals surface area contributed by atoms with Crippen LogP contribution in [-0.4, -0.2) is 12.5 Å². The molecule has 2 aromatic carbocycles. The summed E-state index contributed by atoms with van der Waals surface area (Å²) >= 11 is 5.92. The van der Waals surface area contributed by atoms with Crippen molar-refractivity contribution in [1.29, 1.82) is 0 Å². The molecule has 2 aromatic rings. The molecule has 1 unspecified atom stereocenters. The Labute approximate surface area is 143 Å². The summed E-state index contributed by atoms with van der Waals surface area (Å²) in [5, 5.41) is 3.37. The molecule has 0 aliphatic rings. The minimum absolute atomic E-state index is 0.0134. The summed E-state index contributed by atoms with van der Waals surface area (Å²) in [7, 11) is 0. The molecule has 126 valence electrons. The highest BCUT2D eigenvalue weighted by Crippen LogP contribution is 2.22. The molecular weight excluding hydrogens is 336 g/mol. The van der Waals surface area contributed by atoms with Crippen LogP contribution in [0.25, 0.3) is 6.08 Å². The van der Waals surface area contributed by atoms with Crippen molar-refractivity contribution in [2.45, 2.75) is 19.6 Å². The lowest BCUT2D eigenvalue weighted by Crippen LogP contribution is -2.24. The largest absolute Gasteiger partial charge is 0.434 e. The normalized spacial score (nSPS) is 12.4. The third-order valence-corrected chi connectivity index (χ3v) is 3.49. The third-order valence-electron chi connectivity index (χ3n) is 3.26. The van der Waals surface area contributed by atoms with E-state index in [9.17, 15) is 13.6 Å². The van der Waals surface area contributed by atoms with E-state index in [4.69, 9.17) is 11.6 Å². The van der Waals surface area contributed by atoms with Gasteiger partial charge in [-0.25, -0.2) is 0 Å². The molecule has 0 saturated heterocycles. The van der Waals surface area contributed by atoms with E-state index >= 15 is 0 Å². The lowest BCUT2D eigenvalue weighted by Gasteiger charge is -2.13. The summed E-state index contributed by atoms with van der Waals surface area (Å²) in [6, 6.07) is 13.2. The van der Waals surface area contributed by atoms with Gasteiger partial charge in [0.2, 0.25) is 5.91 Å². The first kappa shape index (κ1) is 17.9. The highest BCUT2D eigenvalue weighted by molar-refractivity contribution is 6.30. The minimum Gasteiger partial charge on any atom is -0.434 e. The quantitative estimate of drug-likeness (QED) is 0.757. The zero-order chi connectivity index (χ0) is 17.5. The lowest BCUT2D eigenvalue weighted by molar-refractivity contribution is -0.117. The molecule has 0 radical (unpaired) electrons. The number of ether oxygens (including phenoxy) is 1. The molecular formula is C18H16ClF2NO2. The van der Waals surface area contributed by atoms with E-state index in [1.165, 1.54) is 18.2 Å². The third kappa shape index (κ3) is 5.35. The van der Waals surface area contributed by atoms with Crippen molar-refractivity contribution in [1.82, 2.24) is 5.32 Å². The molecule has 0 fully saturated rings. The number of carbonyl (C=O) groups is 1. The Bertz CT molecular complexity index is 734. The number of hydrogen-bond donors (Lipinski definition) is 1. The number of rotatable bonds is 6. The van der Waals surface area contributed by atoms with Gasteiger partial charge in [-0.15, -0.1) is 0 Å². The summed E-state index contributed by atoms with van der Waals surface area (Å²) in [5.74, 6) is -0.339. The van der Waals surface area contributed by atoms with E-state index in [2.05, 4.69) is 10.1 Å². The highest BCUT2D eigenvalue weighted by atomic mass is 35.5. The number of halogens is 3. The first-order valence-electron chi connectivity index (χ1n) is 7.23. The SMILES string of the molecule is CC(NC(=O)/C=C/c1ccccc1OC(F)F)c1cccc(Cl)c1. The Hall–Kier alpha value is -2.40. The second-order valence-corrected chi connectivity index (χ2v) is 5.47. The van der Waals surface area contributed by atoms with Crippen molar-refractivity contribution >= 4 is 23.6 Å². The van der Waals surface area contributed by atoms with Gasteiger partial charge in [0.05, 0.1) is 6.04 Å². The van der Waals surface area contributed by atoms with Crippen LogP contribution in [-0.2, 0) is 4.79 Å². The monoisotopic (exact) mass is 351 g/mol. The fourth-order valence-electron chi connectivity index (χ4n) is 2.11. The topological polar surface area (TPSA) is 38.3 Å². The maximum Gasteiger partial charge on any atom is 0.387 e. The van der Waals surface area contributed by atoms with Crippen LogP contribution in [0.2, 0.25) is 5.02 Å². The standard InChI is InChI=1S/C18H16ClF2NO2/c1-12(14-6-4-7-15(19)11-14)22-17(23)10-9-13-5-2-3-8-16(13)24-18(20)21/h2-12,18H,1H3,(H,22,23)/b10-9+. The minimum atomic E-state index is -2.92. The van der Waals surface area contributed by atoms with Gasteiger partial charge in [-0.2, -0.15) is 8.78 Å². The van der Waals surface area contributed by atoms with E-state index in [1.807, 2.05) is 13.0 Å². The average Bonchev–Trinajstić information content (AvgIpc) is 2.53. The van der Waals surface area contributed by atoms with Crippen molar-refractivity contribution in [2.75, 3.05) is 0 Å². The maximum absolute atomic E-state index is 12.4. The predicted octanol–water partition coefficient (Wildman–Crippen LogP) is 4.83. The van der Waals surface area contributed by atoms with Crippen LogP contribution in [0.3, 0.4) is 0 Å².